The number of hydrazine groups is 1. The fourth-order valence-corrected chi connectivity index (χ4v) is 2.75. The van der Waals surface area contributed by atoms with Gasteiger partial charge in [0.2, 0.25) is 0 Å². The number of amides is 2. The van der Waals surface area contributed by atoms with Crippen LogP contribution in [0.1, 0.15) is 5.56 Å². The number of carbonyl (C=O) groups is 2. The third-order valence-electron chi connectivity index (χ3n) is 3.26. The van der Waals surface area contributed by atoms with Crippen molar-refractivity contribution in [2.45, 2.75) is 0 Å². The lowest BCUT2D eigenvalue weighted by atomic mass is 10.1. The Morgan fingerprint density at radius 1 is 1.04 bits per heavy atom. The quantitative estimate of drug-likeness (QED) is 0.559. The predicted molar refractivity (Wildman–Crippen MR) is 93.6 cm³/mol. The number of halogens is 2. The van der Waals surface area contributed by atoms with Crippen LogP contribution < -0.4 is 10.4 Å². The standard InChI is InChI=1S/C16H10Br2N2O3/c17-10-1-3-11(4-2-10)20-16(23)13(15(22)19-20)8-9-7-12(21)5-6-14(9)18/h1-8,21H,(H,19,22)/b13-8-. The third kappa shape index (κ3) is 3.16. The molecule has 2 aromatic rings. The molecular weight excluding hydrogens is 428 g/mol. The highest BCUT2D eigenvalue weighted by atomic mass is 79.9. The number of carbonyl (C=O) groups excluding carboxylic acids is 2. The van der Waals surface area contributed by atoms with Gasteiger partial charge in [-0.2, -0.15) is 0 Å². The molecule has 1 heterocycles. The topological polar surface area (TPSA) is 69.6 Å². The highest BCUT2D eigenvalue weighted by molar-refractivity contribution is 9.10. The first-order valence-corrected chi connectivity index (χ1v) is 8.15. The minimum atomic E-state index is -0.492. The minimum Gasteiger partial charge on any atom is -0.508 e. The Labute approximate surface area is 148 Å². The molecule has 1 fully saturated rings. The fourth-order valence-electron chi connectivity index (χ4n) is 2.13. The van der Waals surface area contributed by atoms with E-state index >= 15 is 0 Å². The Bertz CT molecular complexity index is 832. The van der Waals surface area contributed by atoms with E-state index in [0.717, 1.165) is 4.47 Å². The molecule has 3 rings (SSSR count). The van der Waals surface area contributed by atoms with E-state index < -0.39 is 11.8 Å². The van der Waals surface area contributed by atoms with Gasteiger partial charge in [0, 0.05) is 8.95 Å². The third-order valence-corrected chi connectivity index (χ3v) is 4.51. The van der Waals surface area contributed by atoms with Crippen LogP contribution in [-0.2, 0) is 9.59 Å². The lowest BCUT2D eigenvalue weighted by Crippen LogP contribution is -2.35. The van der Waals surface area contributed by atoms with Crippen LogP contribution in [0.2, 0.25) is 0 Å². The molecule has 1 saturated heterocycles. The molecular formula is C16H10Br2N2O3. The fraction of sp³-hybridized carbons (Fsp3) is 0. The Morgan fingerprint density at radius 3 is 2.43 bits per heavy atom. The van der Waals surface area contributed by atoms with Crippen molar-refractivity contribution in [1.29, 1.82) is 0 Å². The van der Waals surface area contributed by atoms with Crippen molar-refractivity contribution in [1.82, 2.24) is 5.43 Å². The van der Waals surface area contributed by atoms with Gasteiger partial charge in [-0.05, 0) is 54.1 Å². The molecule has 0 aromatic heterocycles. The number of hydrogen-bond donors (Lipinski definition) is 2. The molecule has 2 amide bonds. The molecule has 7 heteroatoms. The molecule has 2 N–H and O–H groups in total. The summed E-state index contributed by atoms with van der Waals surface area (Å²) in [6.07, 6.45) is 1.44. The summed E-state index contributed by atoms with van der Waals surface area (Å²) < 4.78 is 1.55. The van der Waals surface area contributed by atoms with Crippen LogP contribution in [0, 0.1) is 0 Å². The molecule has 0 aliphatic carbocycles. The van der Waals surface area contributed by atoms with Crippen molar-refractivity contribution >= 4 is 55.4 Å². The SMILES string of the molecule is O=C1NN(c2ccc(Br)cc2)C(=O)/C1=C\c1cc(O)ccc1Br. The summed E-state index contributed by atoms with van der Waals surface area (Å²) in [6, 6.07) is 11.6. The van der Waals surface area contributed by atoms with E-state index in [-0.39, 0.29) is 11.3 Å². The average Bonchev–Trinajstić information content (AvgIpc) is 2.80. The number of nitrogens with zero attached hydrogens (tertiary/aromatic N) is 1. The normalized spacial score (nSPS) is 16.1. The van der Waals surface area contributed by atoms with Gasteiger partial charge in [0.25, 0.3) is 11.8 Å². The number of rotatable bonds is 2. The van der Waals surface area contributed by atoms with Crippen molar-refractivity contribution in [2.75, 3.05) is 5.01 Å². The number of phenolic OH excluding ortho intramolecular Hbond substituents is 1. The van der Waals surface area contributed by atoms with Gasteiger partial charge in [0.15, 0.2) is 0 Å². The molecule has 5 nitrogen and oxygen atoms in total. The summed E-state index contributed by atoms with van der Waals surface area (Å²) in [5.74, 6) is -0.892. The molecule has 23 heavy (non-hydrogen) atoms. The summed E-state index contributed by atoms with van der Waals surface area (Å²) in [5.41, 5.74) is 3.63. The van der Waals surface area contributed by atoms with E-state index in [9.17, 15) is 14.7 Å². The molecule has 0 saturated carbocycles. The summed E-state index contributed by atoms with van der Waals surface area (Å²) >= 11 is 6.65. The van der Waals surface area contributed by atoms with Gasteiger partial charge in [-0.3, -0.25) is 15.0 Å². The highest BCUT2D eigenvalue weighted by Gasteiger charge is 2.34. The average molecular weight is 438 g/mol. The summed E-state index contributed by atoms with van der Waals surface area (Å²) in [5, 5.41) is 10.7. The largest absolute Gasteiger partial charge is 0.508 e. The first kappa shape index (κ1) is 15.8. The maximum atomic E-state index is 12.5. The van der Waals surface area contributed by atoms with E-state index in [4.69, 9.17) is 0 Å². The lowest BCUT2D eigenvalue weighted by molar-refractivity contribution is -0.117. The zero-order valence-electron chi connectivity index (χ0n) is 11.6. The second kappa shape index (κ2) is 6.17. The van der Waals surface area contributed by atoms with E-state index in [0.29, 0.717) is 15.7 Å². The van der Waals surface area contributed by atoms with Crippen molar-refractivity contribution < 1.29 is 14.7 Å². The minimum absolute atomic E-state index is 0.000723. The summed E-state index contributed by atoms with van der Waals surface area (Å²) in [7, 11) is 0. The monoisotopic (exact) mass is 436 g/mol. The number of anilines is 1. The van der Waals surface area contributed by atoms with Gasteiger partial charge in [-0.15, -0.1) is 0 Å². The van der Waals surface area contributed by atoms with E-state index in [1.165, 1.54) is 23.2 Å². The van der Waals surface area contributed by atoms with Crippen LogP contribution in [0.4, 0.5) is 5.69 Å². The van der Waals surface area contributed by atoms with Crippen molar-refractivity contribution in [3.05, 3.63) is 62.5 Å². The molecule has 0 radical (unpaired) electrons. The van der Waals surface area contributed by atoms with Crippen molar-refractivity contribution in [2.24, 2.45) is 0 Å². The Morgan fingerprint density at radius 2 is 1.74 bits per heavy atom. The van der Waals surface area contributed by atoms with Gasteiger partial charge in [-0.25, -0.2) is 5.01 Å². The van der Waals surface area contributed by atoms with Crippen LogP contribution in [0.25, 0.3) is 6.08 Å². The predicted octanol–water partition coefficient (Wildman–Crippen LogP) is 3.38. The summed E-state index contributed by atoms with van der Waals surface area (Å²) in [6.45, 7) is 0. The second-order valence-electron chi connectivity index (χ2n) is 4.82. The summed E-state index contributed by atoms with van der Waals surface area (Å²) in [4.78, 5) is 24.6. The zero-order valence-corrected chi connectivity index (χ0v) is 14.8. The lowest BCUT2D eigenvalue weighted by Gasteiger charge is -2.14. The van der Waals surface area contributed by atoms with Crippen LogP contribution in [0.5, 0.6) is 5.75 Å². The number of benzene rings is 2. The van der Waals surface area contributed by atoms with E-state index in [2.05, 4.69) is 37.3 Å². The zero-order chi connectivity index (χ0) is 16.6. The maximum Gasteiger partial charge on any atom is 0.282 e. The molecule has 1 aliphatic rings. The van der Waals surface area contributed by atoms with Crippen LogP contribution >= 0.6 is 31.9 Å². The van der Waals surface area contributed by atoms with Gasteiger partial charge < -0.3 is 5.11 Å². The molecule has 1 aliphatic heterocycles. The Hall–Kier alpha value is -2.12. The Kier molecular flexibility index (Phi) is 4.23. The number of hydrogen-bond acceptors (Lipinski definition) is 3. The number of nitrogens with one attached hydrogen (secondary N) is 1. The highest BCUT2D eigenvalue weighted by Crippen LogP contribution is 2.27. The van der Waals surface area contributed by atoms with E-state index in [1.54, 1.807) is 30.3 Å². The van der Waals surface area contributed by atoms with Crippen molar-refractivity contribution in [3.63, 3.8) is 0 Å². The van der Waals surface area contributed by atoms with Crippen LogP contribution in [-0.4, -0.2) is 16.9 Å². The number of aromatic hydroxyl groups is 1. The first-order chi connectivity index (χ1) is 11.0. The molecule has 0 bridgehead atoms. The Balaban J connectivity index is 1.97. The first-order valence-electron chi connectivity index (χ1n) is 6.57. The van der Waals surface area contributed by atoms with E-state index in [1.807, 2.05) is 0 Å². The van der Waals surface area contributed by atoms with Gasteiger partial charge in [-0.1, -0.05) is 31.9 Å². The maximum absolute atomic E-state index is 12.5. The van der Waals surface area contributed by atoms with Crippen LogP contribution in [0.15, 0.2) is 57.0 Å². The smallest absolute Gasteiger partial charge is 0.282 e. The number of phenols is 1. The molecule has 116 valence electrons. The molecule has 0 spiro atoms. The second-order valence-corrected chi connectivity index (χ2v) is 6.59. The van der Waals surface area contributed by atoms with Gasteiger partial charge in [0.05, 0.1) is 5.69 Å². The van der Waals surface area contributed by atoms with Crippen LogP contribution in [0.3, 0.4) is 0 Å². The molecule has 0 atom stereocenters. The van der Waals surface area contributed by atoms with Crippen molar-refractivity contribution in [3.8, 4) is 5.75 Å². The molecule has 0 unspecified atom stereocenters. The van der Waals surface area contributed by atoms with Gasteiger partial charge >= 0.3 is 0 Å². The molecule has 2 aromatic carbocycles. The van der Waals surface area contributed by atoms with Gasteiger partial charge in [0.1, 0.15) is 11.3 Å².